The van der Waals surface area contributed by atoms with Crippen molar-refractivity contribution in [3.05, 3.63) is 54.2 Å². The number of carbonyl (C=O) groups excluding carboxylic acids is 2. The lowest BCUT2D eigenvalue weighted by molar-refractivity contribution is -0.124. The third kappa shape index (κ3) is 4.59. The van der Waals surface area contributed by atoms with Crippen LogP contribution in [0, 0.1) is 5.82 Å². The van der Waals surface area contributed by atoms with E-state index in [2.05, 4.69) is 5.32 Å². The summed E-state index contributed by atoms with van der Waals surface area (Å²) >= 11 is 0. The first-order chi connectivity index (χ1) is 12.1. The van der Waals surface area contributed by atoms with E-state index in [0.717, 1.165) is 0 Å². The maximum absolute atomic E-state index is 13.0. The van der Waals surface area contributed by atoms with Gasteiger partial charge < -0.3 is 19.4 Å². The third-order valence-corrected chi connectivity index (χ3v) is 4.05. The molecule has 1 aliphatic heterocycles. The average molecular weight is 346 g/mol. The van der Waals surface area contributed by atoms with Gasteiger partial charge in [0, 0.05) is 25.2 Å². The lowest BCUT2D eigenvalue weighted by Gasteiger charge is -2.31. The van der Waals surface area contributed by atoms with Gasteiger partial charge in [0.05, 0.1) is 6.26 Å². The van der Waals surface area contributed by atoms with Crippen molar-refractivity contribution in [2.24, 2.45) is 0 Å². The van der Waals surface area contributed by atoms with Gasteiger partial charge in [-0.3, -0.25) is 9.59 Å². The summed E-state index contributed by atoms with van der Waals surface area (Å²) in [7, 11) is 0. The van der Waals surface area contributed by atoms with Gasteiger partial charge in [0.1, 0.15) is 11.6 Å². The monoisotopic (exact) mass is 346 g/mol. The highest BCUT2D eigenvalue weighted by molar-refractivity contribution is 5.91. The number of nitrogens with zero attached hydrogens (tertiary/aromatic N) is 1. The highest BCUT2D eigenvalue weighted by atomic mass is 19.1. The Kier molecular flexibility index (Phi) is 5.33. The maximum Gasteiger partial charge on any atom is 0.289 e. The van der Waals surface area contributed by atoms with Gasteiger partial charge in [-0.15, -0.1) is 0 Å². The Bertz CT molecular complexity index is 724. The van der Waals surface area contributed by atoms with E-state index in [1.165, 1.54) is 24.5 Å². The highest BCUT2D eigenvalue weighted by Crippen LogP contribution is 2.15. The van der Waals surface area contributed by atoms with E-state index >= 15 is 0 Å². The van der Waals surface area contributed by atoms with Crippen LogP contribution in [0.4, 0.5) is 4.39 Å². The molecule has 1 fully saturated rings. The van der Waals surface area contributed by atoms with E-state index < -0.39 is 5.82 Å². The van der Waals surface area contributed by atoms with Crippen LogP contribution in [0.25, 0.3) is 0 Å². The first-order valence-corrected chi connectivity index (χ1v) is 8.12. The number of ether oxygens (including phenoxy) is 1. The number of halogens is 1. The molecule has 2 amide bonds. The molecule has 6 nitrogen and oxygen atoms in total. The summed E-state index contributed by atoms with van der Waals surface area (Å²) in [6.07, 6.45) is 2.80. The average Bonchev–Trinajstić information content (AvgIpc) is 3.15. The molecule has 1 saturated heterocycles. The third-order valence-electron chi connectivity index (χ3n) is 4.05. The van der Waals surface area contributed by atoms with Gasteiger partial charge in [-0.1, -0.05) is 6.07 Å². The van der Waals surface area contributed by atoms with Crippen LogP contribution in [-0.4, -0.2) is 42.5 Å². The lowest BCUT2D eigenvalue weighted by atomic mass is 10.0. The molecule has 1 aliphatic rings. The van der Waals surface area contributed by atoms with Crippen molar-refractivity contribution in [1.29, 1.82) is 0 Å². The van der Waals surface area contributed by atoms with Crippen LogP contribution in [0.15, 0.2) is 47.1 Å². The van der Waals surface area contributed by atoms with Gasteiger partial charge in [0.25, 0.3) is 11.8 Å². The molecule has 1 N–H and O–H groups in total. The molecule has 3 rings (SSSR count). The molecule has 0 spiro atoms. The van der Waals surface area contributed by atoms with E-state index in [-0.39, 0.29) is 24.5 Å². The van der Waals surface area contributed by atoms with Crippen LogP contribution in [0.3, 0.4) is 0 Å². The van der Waals surface area contributed by atoms with Crippen LogP contribution < -0.4 is 10.1 Å². The number of rotatable bonds is 5. The van der Waals surface area contributed by atoms with Crippen molar-refractivity contribution in [1.82, 2.24) is 10.2 Å². The van der Waals surface area contributed by atoms with Crippen molar-refractivity contribution >= 4 is 11.8 Å². The van der Waals surface area contributed by atoms with Crippen LogP contribution in [0.2, 0.25) is 0 Å². The standard InChI is InChI=1S/C18H19FN2O4/c19-13-3-1-4-15(11-13)25-12-17(22)20-14-6-8-21(9-7-14)18(23)16-5-2-10-24-16/h1-5,10-11,14H,6-9,12H2,(H,20,22). The van der Waals surface area contributed by atoms with E-state index in [1.807, 2.05) is 0 Å². The smallest absolute Gasteiger partial charge is 0.289 e. The zero-order valence-corrected chi connectivity index (χ0v) is 13.6. The summed E-state index contributed by atoms with van der Waals surface area (Å²) in [4.78, 5) is 25.8. The molecule has 25 heavy (non-hydrogen) atoms. The molecule has 1 aromatic heterocycles. The molecule has 0 radical (unpaired) electrons. The summed E-state index contributed by atoms with van der Waals surface area (Å²) in [6, 6.07) is 8.96. The molecule has 132 valence electrons. The van der Waals surface area contributed by atoms with Crippen LogP contribution in [0.5, 0.6) is 5.75 Å². The molecular weight excluding hydrogens is 327 g/mol. The minimum Gasteiger partial charge on any atom is -0.484 e. The summed E-state index contributed by atoms with van der Waals surface area (Å²) in [6.45, 7) is 0.930. The fraction of sp³-hybridized carbons (Fsp3) is 0.333. The number of carbonyl (C=O) groups is 2. The van der Waals surface area contributed by atoms with Crippen molar-refractivity contribution in [3.8, 4) is 5.75 Å². The predicted octanol–water partition coefficient (Wildman–Crippen LogP) is 2.22. The molecule has 7 heteroatoms. The van der Waals surface area contributed by atoms with Gasteiger partial charge in [0.15, 0.2) is 12.4 Å². The fourth-order valence-corrected chi connectivity index (χ4v) is 2.76. The Morgan fingerprint density at radius 1 is 1.24 bits per heavy atom. The Balaban J connectivity index is 1.41. The Labute approximate surface area is 144 Å². The number of likely N-dealkylation sites (tertiary alicyclic amines) is 1. The molecule has 2 aromatic rings. The normalized spacial score (nSPS) is 15.0. The molecule has 0 saturated carbocycles. The topological polar surface area (TPSA) is 71.8 Å². The molecular formula is C18H19FN2O4. The van der Waals surface area contributed by atoms with E-state index in [1.54, 1.807) is 23.1 Å². The number of amides is 2. The number of benzene rings is 1. The zero-order valence-electron chi connectivity index (χ0n) is 13.6. The van der Waals surface area contributed by atoms with Crippen molar-refractivity contribution in [2.45, 2.75) is 18.9 Å². The summed E-state index contributed by atoms with van der Waals surface area (Å²) < 4.78 is 23.4. The Hall–Kier alpha value is -2.83. The van der Waals surface area contributed by atoms with E-state index in [9.17, 15) is 14.0 Å². The van der Waals surface area contributed by atoms with Gasteiger partial charge in [-0.05, 0) is 37.1 Å². The molecule has 2 heterocycles. The minimum atomic E-state index is -0.411. The molecule has 0 aliphatic carbocycles. The number of nitrogens with one attached hydrogen (secondary N) is 1. The minimum absolute atomic E-state index is 0.00994. The van der Waals surface area contributed by atoms with Crippen molar-refractivity contribution < 1.29 is 23.1 Å². The maximum atomic E-state index is 13.0. The van der Waals surface area contributed by atoms with Gasteiger partial charge >= 0.3 is 0 Å². The number of hydrogen-bond acceptors (Lipinski definition) is 4. The Morgan fingerprint density at radius 3 is 2.72 bits per heavy atom. The predicted molar refractivity (Wildman–Crippen MR) is 87.7 cm³/mol. The van der Waals surface area contributed by atoms with E-state index in [0.29, 0.717) is 37.4 Å². The molecule has 0 atom stereocenters. The second kappa shape index (κ2) is 7.83. The summed E-state index contributed by atoms with van der Waals surface area (Å²) in [5.74, 6) is -0.171. The fourth-order valence-electron chi connectivity index (χ4n) is 2.76. The van der Waals surface area contributed by atoms with Gasteiger partial charge in [-0.2, -0.15) is 0 Å². The Morgan fingerprint density at radius 2 is 2.04 bits per heavy atom. The number of furan rings is 1. The zero-order chi connectivity index (χ0) is 17.6. The van der Waals surface area contributed by atoms with Gasteiger partial charge in [-0.25, -0.2) is 4.39 Å². The number of piperidine rings is 1. The summed E-state index contributed by atoms with van der Waals surface area (Å²) in [5, 5.41) is 2.88. The molecule has 0 bridgehead atoms. The van der Waals surface area contributed by atoms with Crippen LogP contribution >= 0.6 is 0 Å². The quantitative estimate of drug-likeness (QED) is 0.901. The van der Waals surface area contributed by atoms with Gasteiger partial charge in [0.2, 0.25) is 0 Å². The summed E-state index contributed by atoms with van der Waals surface area (Å²) in [5.41, 5.74) is 0. The molecule has 1 aromatic carbocycles. The lowest BCUT2D eigenvalue weighted by Crippen LogP contribution is -2.47. The highest BCUT2D eigenvalue weighted by Gasteiger charge is 2.25. The van der Waals surface area contributed by atoms with Crippen LogP contribution in [0.1, 0.15) is 23.4 Å². The first-order valence-electron chi connectivity index (χ1n) is 8.12. The molecule has 0 unspecified atom stereocenters. The SMILES string of the molecule is O=C(COc1cccc(F)c1)NC1CCN(C(=O)c2ccco2)CC1. The second-order valence-corrected chi connectivity index (χ2v) is 5.86. The van der Waals surface area contributed by atoms with E-state index in [4.69, 9.17) is 9.15 Å². The van der Waals surface area contributed by atoms with Crippen molar-refractivity contribution in [2.75, 3.05) is 19.7 Å². The van der Waals surface area contributed by atoms with Crippen molar-refractivity contribution in [3.63, 3.8) is 0 Å². The second-order valence-electron chi connectivity index (χ2n) is 5.86. The van der Waals surface area contributed by atoms with Crippen LogP contribution in [-0.2, 0) is 4.79 Å². The largest absolute Gasteiger partial charge is 0.484 e. The number of hydrogen-bond donors (Lipinski definition) is 1. The first kappa shape index (κ1) is 17.0.